The molecular formula is C20H23ClN4O2S2. The van der Waals surface area contributed by atoms with E-state index in [0.29, 0.717) is 27.1 Å². The molecule has 0 fully saturated rings. The van der Waals surface area contributed by atoms with Gasteiger partial charge >= 0.3 is 6.03 Å². The summed E-state index contributed by atoms with van der Waals surface area (Å²) in [5.74, 6) is 0.746. The van der Waals surface area contributed by atoms with Gasteiger partial charge in [0.2, 0.25) is 0 Å². The van der Waals surface area contributed by atoms with Gasteiger partial charge < -0.3 is 5.32 Å². The smallest absolute Gasteiger partial charge is 0.305 e. The van der Waals surface area contributed by atoms with Crippen molar-refractivity contribution in [2.75, 3.05) is 10.6 Å². The van der Waals surface area contributed by atoms with E-state index in [1.807, 2.05) is 12.2 Å². The number of Topliss-reactive ketones (excluding diaryl/α,β-unsaturated/α-hetero) is 1. The Morgan fingerprint density at radius 1 is 1.21 bits per heavy atom. The number of pyridine rings is 1. The number of amides is 2. The highest BCUT2D eigenvalue weighted by Gasteiger charge is 2.16. The molecule has 2 amide bonds. The fourth-order valence-electron chi connectivity index (χ4n) is 2.79. The fraction of sp³-hybridized carbons (Fsp3) is 0.300. The molecule has 0 radical (unpaired) electrons. The van der Waals surface area contributed by atoms with Gasteiger partial charge in [-0.3, -0.25) is 15.1 Å². The minimum absolute atomic E-state index is 0.00397. The molecule has 0 saturated carbocycles. The number of aromatic nitrogens is 2. The monoisotopic (exact) mass is 450 g/mol. The molecule has 0 aliphatic carbocycles. The molecule has 0 unspecified atom stereocenters. The molecule has 0 aromatic carbocycles. The van der Waals surface area contributed by atoms with Crippen LogP contribution in [0.25, 0.3) is 0 Å². The summed E-state index contributed by atoms with van der Waals surface area (Å²) in [5, 5.41) is 10.1. The molecule has 3 rings (SSSR count). The van der Waals surface area contributed by atoms with E-state index in [2.05, 4.69) is 38.3 Å². The summed E-state index contributed by atoms with van der Waals surface area (Å²) in [6, 6.07) is 1.15. The van der Waals surface area contributed by atoms with Crippen molar-refractivity contribution in [3.8, 4) is 0 Å². The van der Waals surface area contributed by atoms with Crippen LogP contribution in [0, 0.1) is 0 Å². The predicted octanol–water partition coefficient (Wildman–Crippen LogP) is 6.14. The van der Waals surface area contributed by atoms with E-state index in [4.69, 9.17) is 11.6 Å². The van der Waals surface area contributed by atoms with Crippen molar-refractivity contribution in [2.24, 2.45) is 0 Å². The topological polar surface area (TPSA) is 84.0 Å². The van der Waals surface area contributed by atoms with Gasteiger partial charge in [-0.1, -0.05) is 54.9 Å². The number of rotatable bonds is 9. The normalized spacial score (nSPS) is 13.7. The lowest BCUT2D eigenvalue weighted by Crippen LogP contribution is -2.21. The molecule has 0 saturated heterocycles. The number of nitrogens with zero attached hydrogens (tertiary/aromatic N) is 2. The van der Waals surface area contributed by atoms with E-state index in [0.717, 1.165) is 30.7 Å². The maximum atomic E-state index is 12.5. The van der Waals surface area contributed by atoms with E-state index in [9.17, 15) is 9.59 Å². The third-order valence-corrected chi connectivity index (χ3v) is 7.27. The SMILES string of the molecule is CCCCCC(=O)c1ccncc1NC(=O)Nc1nc(C[SH]2C=CC=C2)c(Cl)s1. The fourth-order valence-corrected chi connectivity index (χ4v) is 5.55. The van der Waals surface area contributed by atoms with Crippen molar-refractivity contribution >= 4 is 56.5 Å². The zero-order valence-electron chi connectivity index (χ0n) is 16.0. The summed E-state index contributed by atoms with van der Waals surface area (Å²) in [4.78, 5) is 33.3. The number of allylic oxidation sites excluding steroid dienone is 2. The van der Waals surface area contributed by atoms with Gasteiger partial charge in [-0.05, 0) is 23.3 Å². The highest BCUT2D eigenvalue weighted by Crippen LogP contribution is 2.40. The molecule has 9 heteroatoms. The predicted molar refractivity (Wildman–Crippen MR) is 123 cm³/mol. The minimum Gasteiger partial charge on any atom is -0.305 e. The molecule has 0 bridgehead atoms. The molecule has 2 N–H and O–H groups in total. The number of ketones is 1. The lowest BCUT2D eigenvalue weighted by molar-refractivity contribution is 0.0980. The van der Waals surface area contributed by atoms with Crippen LogP contribution in [0.4, 0.5) is 15.6 Å². The van der Waals surface area contributed by atoms with Crippen molar-refractivity contribution in [3.05, 3.63) is 57.0 Å². The quantitative estimate of drug-likeness (QED) is 0.243. The Bertz CT molecular complexity index is 930. The molecule has 2 aromatic rings. The molecule has 0 spiro atoms. The Hall–Kier alpha value is -2.16. The molecule has 0 atom stereocenters. The third-order valence-electron chi connectivity index (χ3n) is 4.25. The second-order valence-corrected chi connectivity index (χ2v) is 10.0. The summed E-state index contributed by atoms with van der Waals surface area (Å²) in [5.41, 5.74) is 1.63. The summed E-state index contributed by atoms with van der Waals surface area (Å²) in [6.45, 7) is 2.09. The first kappa shape index (κ1) is 21.5. The molecular weight excluding hydrogens is 428 g/mol. The van der Waals surface area contributed by atoms with E-state index in [-0.39, 0.29) is 16.7 Å². The second kappa shape index (κ2) is 10.6. The van der Waals surface area contributed by atoms with Gasteiger partial charge in [0.05, 0.1) is 17.6 Å². The van der Waals surface area contributed by atoms with E-state index < -0.39 is 6.03 Å². The average Bonchev–Trinajstić information content (AvgIpc) is 3.32. The summed E-state index contributed by atoms with van der Waals surface area (Å²) < 4.78 is 0.574. The highest BCUT2D eigenvalue weighted by molar-refractivity contribution is 8.21. The first-order valence-corrected chi connectivity index (χ1v) is 12.2. The molecule has 1 aliphatic rings. The van der Waals surface area contributed by atoms with Gasteiger partial charge in [0.1, 0.15) is 4.34 Å². The van der Waals surface area contributed by atoms with Gasteiger partial charge in [-0.2, -0.15) is 0 Å². The standard InChI is InChI=1S/C20H23ClN4O2S2/c1-2-3-4-7-17(26)14-8-9-22-12-15(14)23-19(27)25-20-24-16(18(21)28-20)13-29-10-5-6-11-29/h5-6,8-12,29H,2-4,7,13H2,1H3,(H2,23,24,25,27). The molecule has 2 aromatic heterocycles. The summed E-state index contributed by atoms with van der Waals surface area (Å²) in [7, 11) is -0.378. The summed E-state index contributed by atoms with van der Waals surface area (Å²) in [6.07, 6.45) is 10.4. The third kappa shape index (κ3) is 6.16. The summed E-state index contributed by atoms with van der Waals surface area (Å²) >= 11 is 7.51. The molecule has 6 nitrogen and oxygen atoms in total. The van der Waals surface area contributed by atoms with Crippen LogP contribution >= 0.6 is 33.8 Å². The minimum atomic E-state index is -0.482. The number of carbonyl (C=O) groups is 2. The van der Waals surface area contributed by atoms with E-state index in [1.165, 1.54) is 17.5 Å². The molecule has 154 valence electrons. The van der Waals surface area contributed by atoms with Gasteiger partial charge in [0.15, 0.2) is 10.9 Å². The number of thiazole rings is 1. The van der Waals surface area contributed by atoms with Crippen LogP contribution in [0.15, 0.2) is 41.4 Å². The van der Waals surface area contributed by atoms with E-state index in [1.54, 1.807) is 12.3 Å². The largest absolute Gasteiger partial charge is 0.325 e. The average molecular weight is 451 g/mol. The second-order valence-electron chi connectivity index (χ2n) is 6.48. The Balaban J connectivity index is 1.62. The van der Waals surface area contributed by atoms with Crippen LogP contribution in [0.5, 0.6) is 0 Å². The van der Waals surface area contributed by atoms with Gasteiger partial charge in [-0.15, -0.1) is 0 Å². The number of hydrogen-bond acceptors (Lipinski definition) is 5. The van der Waals surface area contributed by atoms with Gasteiger partial charge in [-0.25, -0.2) is 20.7 Å². The van der Waals surface area contributed by atoms with Crippen molar-refractivity contribution < 1.29 is 9.59 Å². The maximum absolute atomic E-state index is 12.5. The molecule has 29 heavy (non-hydrogen) atoms. The molecule has 3 heterocycles. The number of unbranched alkanes of at least 4 members (excludes halogenated alkanes) is 2. The van der Waals surface area contributed by atoms with Crippen molar-refractivity contribution in [1.82, 2.24) is 9.97 Å². The van der Waals surface area contributed by atoms with Crippen molar-refractivity contribution in [2.45, 2.75) is 38.4 Å². The molecule has 1 aliphatic heterocycles. The van der Waals surface area contributed by atoms with Crippen LogP contribution in [0.3, 0.4) is 0 Å². The van der Waals surface area contributed by atoms with Gasteiger partial charge in [0, 0.05) is 23.9 Å². The van der Waals surface area contributed by atoms with Crippen LogP contribution in [0.2, 0.25) is 4.34 Å². The van der Waals surface area contributed by atoms with E-state index >= 15 is 0 Å². The Labute approximate surface area is 181 Å². The number of thiol groups is 1. The first-order chi connectivity index (χ1) is 14.1. The Morgan fingerprint density at radius 3 is 2.76 bits per heavy atom. The Morgan fingerprint density at radius 2 is 2.00 bits per heavy atom. The zero-order valence-corrected chi connectivity index (χ0v) is 18.5. The van der Waals surface area contributed by atoms with Crippen molar-refractivity contribution in [3.63, 3.8) is 0 Å². The first-order valence-electron chi connectivity index (χ1n) is 9.38. The number of urea groups is 1. The van der Waals surface area contributed by atoms with Crippen LogP contribution in [-0.2, 0) is 5.75 Å². The lowest BCUT2D eigenvalue weighted by atomic mass is 10.0. The van der Waals surface area contributed by atoms with Gasteiger partial charge in [0.25, 0.3) is 0 Å². The number of carbonyl (C=O) groups excluding carboxylic acids is 2. The number of anilines is 2. The highest BCUT2D eigenvalue weighted by atomic mass is 35.5. The Kier molecular flexibility index (Phi) is 7.85. The zero-order chi connectivity index (χ0) is 20.6. The van der Waals surface area contributed by atoms with Crippen LogP contribution < -0.4 is 10.6 Å². The van der Waals surface area contributed by atoms with Crippen molar-refractivity contribution in [1.29, 1.82) is 0 Å². The van der Waals surface area contributed by atoms with Crippen LogP contribution in [-0.4, -0.2) is 21.8 Å². The number of nitrogens with one attached hydrogen (secondary N) is 2. The lowest BCUT2D eigenvalue weighted by Gasteiger charge is -2.10. The maximum Gasteiger partial charge on any atom is 0.325 e. The number of hydrogen-bond donors (Lipinski definition) is 3. The van der Waals surface area contributed by atoms with Crippen LogP contribution in [0.1, 0.15) is 48.7 Å². The number of halogens is 1.